The van der Waals surface area contributed by atoms with E-state index in [9.17, 15) is 4.79 Å². The van der Waals surface area contributed by atoms with E-state index in [-0.39, 0.29) is 5.43 Å². The Bertz CT molecular complexity index is 783. The van der Waals surface area contributed by atoms with E-state index in [1.165, 1.54) is 6.07 Å². The van der Waals surface area contributed by atoms with Crippen LogP contribution in [0.2, 0.25) is 10.0 Å². The van der Waals surface area contributed by atoms with Crippen LogP contribution < -0.4 is 5.43 Å². The first kappa shape index (κ1) is 12.2. The molecule has 1 N–H and O–H groups in total. The fourth-order valence-electron chi connectivity index (χ4n) is 1.86. The molecule has 0 aromatic heterocycles. The summed E-state index contributed by atoms with van der Waals surface area (Å²) in [5.74, 6) is 0.636. The van der Waals surface area contributed by atoms with Gasteiger partial charge < -0.3 is 4.98 Å². The molecule has 5 heteroatoms. The first-order valence-corrected chi connectivity index (χ1v) is 6.34. The molecule has 3 nitrogen and oxygen atoms in total. The lowest BCUT2D eigenvalue weighted by Crippen LogP contribution is -2.06. The number of halogens is 2. The van der Waals surface area contributed by atoms with Gasteiger partial charge in [0.2, 0.25) is 0 Å². The molecule has 1 aliphatic carbocycles. The lowest BCUT2D eigenvalue weighted by molar-refractivity contribution is 1.17. The van der Waals surface area contributed by atoms with Gasteiger partial charge in [0.15, 0.2) is 5.43 Å². The summed E-state index contributed by atoms with van der Waals surface area (Å²) < 4.78 is 0. The van der Waals surface area contributed by atoms with E-state index in [0.717, 1.165) is 5.56 Å². The van der Waals surface area contributed by atoms with E-state index in [1.807, 2.05) is 6.07 Å². The number of rotatable bonds is 1. The Hall–Kier alpha value is -1.84. The highest BCUT2D eigenvalue weighted by Crippen LogP contribution is 2.27. The third kappa shape index (κ3) is 2.23. The Labute approximate surface area is 119 Å². The topological polar surface area (TPSA) is 45.8 Å². The molecule has 19 heavy (non-hydrogen) atoms. The summed E-state index contributed by atoms with van der Waals surface area (Å²) in [5, 5.41) is 0.958. The van der Waals surface area contributed by atoms with Crippen LogP contribution >= 0.6 is 23.2 Å². The predicted octanol–water partition coefficient (Wildman–Crippen LogP) is 3.85. The fourth-order valence-corrected chi connectivity index (χ4v) is 2.16. The molecule has 0 atom stereocenters. The van der Waals surface area contributed by atoms with E-state index in [2.05, 4.69) is 9.97 Å². The zero-order chi connectivity index (χ0) is 13.4. The Kier molecular flexibility index (Phi) is 3.01. The molecule has 0 fully saturated rings. The van der Waals surface area contributed by atoms with Crippen molar-refractivity contribution < 1.29 is 0 Å². The van der Waals surface area contributed by atoms with Crippen LogP contribution in [0, 0.1) is 0 Å². The largest absolute Gasteiger partial charge is 0.345 e. The SMILES string of the molecule is O=c1cccc2nc(-c3ccc(Cl)c(Cl)c3)[nH]cc1-2. The number of fused-ring (bicyclic) bond motifs is 1. The van der Waals surface area contributed by atoms with Crippen molar-refractivity contribution in [3.8, 4) is 22.6 Å². The molecule has 0 radical (unpaired) electrons. The van der Waals surface area contributed by atoms with E-state index in [0.29, 0.717) is 27.1 Å². The van der Waals surface area contributed by atoms with Gasteiger partial charge in [0, 0.05) is 11.8 Å². The lowest BCUT2D eigenvalue weighted by Gasteiger charge is -2.07. The molecule has 0 bridgehead atoms. The molecule has 3 rings (SSSR count). The summed E-state index contributed by atoms with van der Waals surface area (Å²) in [6.45, 7) is 0. The molecular weight excluding hydrogens is 283 g/mol. The van der Waals surface area contributed by atoms with Gasteiger partial charge in [-0.05, 0) is 30.3 Å². The maximum atomic E-state index is 11.6. The number of hydrogen-bond acceptors (Lipinski definition) is 2. The molecule has 0 saturated heterocycles. The van der Waals surface area contributed by atoms with Gasteiger partial charge in [0.1, 0.15) is 5.82 Å². The van der Waals surface area contributed by atoms with Crippen molar-refractivity contribution >= 4 is 23.2 Å². The minimum absolute atomic E-state index is 0.0538. The van der Waals surface area contributed by atoms with Gasteiger partial charge in [-0.15, -0.1) is 0 Å². The highest BCUT2D eigenvalue weighted by atomic mass is 35.5. The molecule has 1 aromatic carbocycles. The van der Waals surface area contributed by atoms with Gasteiger partial charge >= 0.3 is 0 Å². The fraction of sp³-hybridized carbons (Fsp3) is 0. The highest BCUT2D eigenvalue weighted by Gasteiger charge is 2.10. The van der Waals surface area contributed by atoms with Crippen LogP contribution in [0.1, 0.15) is 0 Å². The number of aromatic amines is 1. The summed E-state index contributed by atoms with van der Waals surface area (Å²) in [4.78, 5) is 19.0. The Morgan fingerprint density at radius 1 is 1.05 bits per heavy atom. The van der Waals surface area contributed by atoms with Crippen molar-refractivity contribution in [1.82, 2.24) is 9.97 Å². The van der Waals surface area contributed by atoms with Gasteiger partial charge in [-0.25, -0.2) is 4.98 Å². The normalized spacial score (nSPS) is 10.8. The Morgan fingerprint density at radius 3 is 2.68 bits per heavy atom. The van der Waals surface area contributed by atoms with Gasteiger partial charge in [-0.2, -0.15) is 0 Å². The van der Waals surface area contributed by atoms with Crippen molar-refractivity contribution in [2.45, 2.75) is 0 Å². The van der Waals surface area contributed by atoms with Crippen LogP contribution in [0.25, 0.3) is 22.6 Å². The van der Waals surface area contributed by atoms with E-state index in [1.54, 1.807) is 30.5 Å². The molecule has 94 valence electrons. The van der Waals surface area contributed by atoms with Crippen LogP contribution in [-0.4, -0.2) is 9.97 Å². The molecule has 0 unspecified atom stereocenters. The van der Waals surface area contributed by atoms with Gasteiger partial charge in [0.25, 0.3) is 0 Å². The summed E-state index contributed by atoms with van der Waals surface area (Å²) >= 11 is 11.9. The maximum Gasteiger partial charge on any atom is 0.189 e. The van der Waals surface area contributed by atoms with Crippen LogP contribution in [0.5, 0.6) is 0 Å². The minimum Gasteiger partial charge on any atom is -0.345 e. The minimum atomic E-state index is -0.0538. The van der Waals surface area contributed by atoms with Crippen molar-refractivity contribution in [3.05, 3.63) is 62.9 Å². The molecule has 2 aliphatic rings. The first-order chi connectivity index (χ1) is 9.15. The molecule has 0 amide bonds. The summed E-state index contributed by atoms with van der Waals surface area (Å²) in [6, 6.07) is 10.3. The Balaban J connectivity index is 2.18. The van der Waals surface area contributed by atoms with Gasteiger partial charge in [-0.1, -0.05) is 29.3 Å². The third-order valence-electron chi connectivity index (χ3n) is 2.82. The molecule has 0 spiro atoms. The quantitative estimate of drug-likeness (QED) is 0.740. The zero-order valence-electron chi connectivity index (χ0n) is 9.65. The first-order valence-electron chi connectivity index (χ1n) is 5.59. The predicted molar refractivity (Wildman–Crippen MR) is 76.9 cm³/mol. The van der Waals surface area contributed by atoms with Gasteiger partial charge in [0.05, 0.1) is 21.3 Å². The summed E-state index contributed by atoms with van der Waals surface area (Å²) in [7, 11) is 0. The van der Waals surface area contributed by atoms with Gasteiger partial charge in [-0.3, -0.25) is 4.79 Å². The van der Waals surface area contributed by atoms with Crippen LogP contribution in [0.15, 0.2) is 47.4 Å². The maximum absolute atomic E-state index is 11.6. The summed E-state index contributed by atoms with van der Waals surface area (Å²) in [5.41, 5.74) is 1.97. The molecule has 1 aliphatic heterocycles. The van der Waals surface area contributed by atoms with Crippen LogP contribution in [-0.2, 0) is 0 Å². The standard InChI is InChI=1S/C14H8Cl2N2O/c15-10-5-4-8(6-11(10)16)14-17-7-9-12(18-14)2-1-3-13(9)19/h1-7H,(H,17,18). The third-order valence-corrected chi connectivity index (χ3v) is 3.56. The molecule has 1 heterocycles. The second-order valence-corrected chi connectivity index (χ2v) is 4.88. The average molecular weight is 291 g/mol. The molecule has 1 aromatic rings. The second kappa shape index (κ2) is 4.68. The zero-order valence-corrected chi connectivity index (χ0v) is 11.2. The number of benzene rings is 2. The van der Waals surface area contributed by atoms with E-state index < -0.39 is 0 Å². The molecular formula is C14H8Cl2N2O. The van der Waals surface area contributed by atoms with Crippen molar-refractivity contribution in [1.29, 1.82) is 0 Å². The monoisotopic (exact) mass is 290 g/mol. The van der Waals surface area contributed by atoms with Crippen molar-refractivity contribution in [3.63, 3.8) is 0 Å². The van der Waals surface area contributed by atoms with E-state index in [4.69, 9.17) is 23.2 Å². The smallest absolute Gasteiger partial charge is 0.189 e. The number of H-pyrrole nitrogens is 1. The Morgan fingerprint density at radius 2 is 1.89 bits per heavy atom. The molecule has 0 saturated carbocycles. The second-order valence-electron chi connectivity index (χ2n) is 4.07. The lowest BCUT2D eigenvalue weighted by atomic mass is 10.1. The summed E-state index contributed by atoms with van der Waals surface area (Å²) in [6.07, 6.45) is 1.66. The average Bonchev–Trinajstić information content (AvgIpc) is 2.42. The highest BCUT2D eigenvalue weighted by molar-refractivity contribution is 6.42. The number of nitrogens with one attached hydrogen (secondary N) is 1. The van der Waals surface area contributed by atoms with Crippen LogP contribution in [0.3, 0.4) is 0 Å². The number of hydrogen-bond donors (Lipinski definition) is 1. The number of nitrogens with zero attached hydrogens (tertiary/aromatic N) is 1. The number of aromatic nitrogens is 2. The van der Waals surface area contributed by atoms with E-state index >= 15 is 0 Å². The van der Waals surface area contributed by atoms with Crippen molar-refractivity contribution in [2.75, 3.05) is 0 Å². The van der Waals surface area contributed by atoms with Crippen LogP contribution in [0.4, 0.5) is 0 Å². The van der Waals surface area contributed by atoms with Crippen molar-refractivity contribution in [2.24, 2.45) is 0 Å².